The average Bonchev–Trinajstić information content (AvgIpc) is 2.92. The maximum Gasteiger partial charge on any atom is 0.118 e. The van der Waals surface area contributed by atoms with E-state index in [0.29, 0.717) is 0 Å². The minimum absolute atomic E-state index is 0.262. The van der Waals surface area contributed by atoms with Crippen LogP contribution in [0.4, 0.5) is 0 Å². The van der Waals surface area contributed by atoms with Crippen molar-refractivity contribution < 1.29 is 9.47 Å². The fourth-order valence-electron chi connectivity index (χ4n) is 5.40. The van der Waals surface area contributed by atoms with Crippen molar-refractivity contribution in [3.63, 3.8) is 0 Å². The Balaban J connectivity index is 1.88. The maximum atomic E-state index is 5.45. The minimum Gasteiger partial charge on any atom is -0.497 e. The second-order valence-corrected chi connectivity index (χ2v) is 10.6. The summed E-state index contributed by atoms with van der Waals surface area (Å²) in [6.45, 7) is 12.8. The van der Waals surface area contributed by atoms with Gasteiger partial charge in [-0.3, -0.25) is 9.98 Å². The SMILES string of the molecule is COc1ccc([C@@H](N=Cc2c(C)cc(C)cc2C)[C@H](N=Cc2c(C)cc(C)cc2C)c2ccc(OC)cc2)cc1. The van der Waals surface area contributed by atoms with Gasteiger partial charge in [0.1, 0.15) is 23.6 Å². The van der Waals surface area contributed by atoms with Gasteiger partial charge < -0.3 is 9.47 Å². The molecular weight excluding hydrogens is 492 g/mol. The van der Waals surface area contributed by atoms with E-state index in [1.807, 2.05) is 36.7 Å². The predicted octanol–water partition coefficient (Wildman–Crippen LogP) is 8.57. The number of rotatable bonds is 9. The van der Waals surface area contributed by atoms with Gasteiger partial charge in [0.15, 0.2) is 0 Å². The third-order valence-corrected chi connectivity index (χ3v) is 7.42. The van der Waals surface area contributed by atoms with Crippen LogP contribution in [0.15, 0.2) is 82.8 Å². The molecule has 0 heterocycles. The predicted molar refractivity (Wildman–Crippen MR) is 168 cm³/mol. The van der Waals surface area contributed by atoms with Crippen LogP contribution < -0.4 is 9.47 Å². The Labute approximate surface area is 239 Å². The van der Waals surface area contributed by atoms with Crippen molar-refractivity contribution in [1.29, 1.82) is 0 Å². The van der Waals surface area contributed by atoms with Crippen molar-refractivity contribution in [3.8, 4) is 11.5 Å². The molecule has 40 heavy (non-hydrogen) atoms. The number of benzene rings is 4. The van der Waals surface area contributed by atoms with Crippen molar-refractivity contribution in [2.24, 2.45) is 9.98 Å². The molecular formula is C36H40N2O2. The van der Waals surface area contributed by atoms with Gasteiger partial charge in [0.2, 0.25) is 0 Å². The van der Waals surface area contributed by atoms with Gasteiger partial charge in [0.05, 0.1) is 14.2 Å². The Hall–Kier alpha value is -4.18. The van der Waals surface area contributed by atoms with E-state index in [1.54, 1.807) is 14.2 Å². The molecule has 0 aromatic heterocycles. The number of methoxy groups -OCH3 is 2. The summed E-state index contributed by atoms with van der Waals surface area (Å²) in [6, 6.07) is 24.6. The summed E-state index contributed by atoms with van der Waals surface area (Å²) in [4.78, 5) is 10.5. The summed E-state index contributed by atoms with van der Waals surface area (Å²) in [7, 11) is 3.37. The number of hydrogen-bond acceptors (Lipinski definition) is 4. The first-order valence-corrected chi connectivity index (χ1v) is 13.7. The molecule has 0 amide bonds. The van der Waals surface area contributed by atoms with E-state index in [1.165, 1.54) is 33.4 Å². The summed E-state index contributed by atoms with van der Waals surface area (Å²) >= 11 is 0. The lowest BCUT2D eigenvalue weighted by Gasteiger charge is -2.23. The van der Waals surface area contributed by atoms with Crippen LogP contribution in [-0.2, 0) is 0 Å². The van der Waals surface area contributed by atoms with Gasteiger partial charge in [-0.05, 0) is 110 Å². The zero-order chi connectivity index (χ0) is 28.8. The third kappa shape index (κ3) is 6.69. The molecule has 2 atom stereocenters. The van der Waals surface area contributed by atoms with Crippen LogP contribution in [0, 0.1) is 41.5 Å². The van der Waals surface area contributed by atoms with E-state index in [9.17, 15) is 0 Å². The molecule has 4 rings (SSSR count). The molecule has 0 saturated heterocycles. The Bertz CT molecular complexity index is 1350. The van der Waals surface area contributed by atoms with E-state index in [0.717, 1.165) is 33.8 Å². The van der Waals surface area contributed by atoms with Crippen LogP contribution >= 0.6 is 0 Å². The van der Waals surface area contributed by atoms with Gasteiger partial charge in [-0.25, -0.2) is 0 Å². The molecule has 0 aliphatic carbocycles. The fourth-order valence-corrected chi connectivity index (χ4v) is 5.40. The van der Waals surface area contributed by atoms with Crippen LogP contribution in [0.1, 0.15) is 67.7 Å². The van der Waals surface area contributed by atoms with Gasteiger partial charge in [-0.15, -0.1) is 0 Å². The van der Waals surface area contributed by atoms with Gasteiger partial charge in [-0.2, -0.15) is 0 Å². The number of aryl methyl sites for hydroxylation is 6. The Morgan fingerprint density at radius 1 is 0.500 bits per heavy atom. The van der Waals surface area contributed by atoms with Gasteiger partial charge in [0.25, 0.3) is 0 Å². The van der Waals surface area contributed by atoms with Gasteiger partial charge in [0, 0.05) is 12.4 Å². The van der Waals surface area contributed by atoms with E-state index in [4.69, 9.17) is 19.5 Å². The quantitative estimate of drug-likeness (QED) is 0.203. The normalized spacial score (nSPS) is 13.1. The number of aliphatic imine (C=N–C) groups is 2. The molecule has 0 saturated carbocycles. The van der Waals surface area contributed by atoms with Crippen molar-refractivity contribution >= 4 is 12.4 Å². The molecule has 0 spiro atoms. The van der Waals surface area contributed by atoms with Crippen molar-refractivity contribution in [2.75, 3.05) is 14.2 Å². The summed E-state index contributed by atoms with van der Waals surface area (Å²) in [5, 5.41) is 0. The summed E-state index contributed by atoms with van der Waals surface area (Å²) in [5.41, 5.74) is 11.8. The second-order valence-electron chi connectivity index (χ2n) is 10.6. The molecule has 4 heteroatoms. The first kappa shape index (κ1) is 28.8. The lowest BCUT2D eigenvalue weighted by atomic mass is 9.93. The smallest absolute Gasteiger partial charge is 0.118 e. The highest BCUT2D eigenvalue weighted by atomic mass is 16.5. The molecule has 0 fully saturated rings. The number of ether oxygens (including phenoxy) is 2. The Morgan fingerprint density at radius 3 is 1.07 bits per heavy atom. The molecule has 4 aromatic carbocycles. The van der Waals surface area contributed by atoms with E-state index in [2.05, 4.69) is 90.1 Å². The molecule has 4 aromatic rings. The monoisotopic (exact) mass is 532 g/mol. The van der Waals surface area contributed by atoms with E-state index < -0.39 is 0 Å². The maximum absolute atomic E-state index is 5.45. The topological polar surface area (TPSA) is 43.2 Å². The highest BCUT2D eigenvalue weighted by Crippen LogP contribution is 2.37. The molecule has 0 aliphatic heterocycles. The molecule has 206 valence electrons. The number of hydrogen-bond donors (Lipinski definition) is 0. The zero-order valence-corrected chi connectivity index (χ0v) is 24.9. The standard InChI is InChI=1S/C36H40N2O2/c1-23-17-25(3)33(26(4)18-23)21-37-35(29-9-13-31(39-7)14-10-29)36(30-11-15-32(40-8)16-12-30)38-22-34-27(5)19-24(2)20-28(34)6/h9-22,35-36H,1-8H3/t35-,36-/m1/s1. The largest absolute Gasteiger partial charge is 0.497 e. The molecule has 0 radical (unpaired) electrons. The summed E-state index contributed by atoms with van der Waals surface area (Å²) < 4.78 is 10.9. The third-order valence-electron chi connectivity index (χ3n) is 7.42. The number of nitrogens with zero attached hydrogens (tertiary/aromatic N) is 2. The second kappa shape index (κ2) is 12.8. The van der Waals surface area contributed by atoms with Crippen LogP contribution in [0.25, 0.3) is 0 Å². The molecule has 0 unspecified atom stereocenters. The minimum atomic E-state index is -0.262. The molecule has 0 N–H and O–H groups in total. The van der Waals surface area contributed by atoms with Gasteiger partial charge in [-0.1, -0.05) is 59.7 Å². The average molecular weight is 533 g/mol. The highest BCUT2D eigenvalue weighted by Gasteiger charge is 2.24. The van der Waals surface area contributed by atoms with E-state index in [-0.39, 0.29) is 12.1 Å². The lowest BCUT2D eigenvalue weighted by molar-refractivity contribution is 0.414. The van der Waals surface area contributed by atoms with E-state index >= 15 is 0 Å². The van der Waals surface area contributed by atoms with Crippen LogP contribution in [0.5, 0.6) is 11.5 Å². The Morgan fingerprint density at radius 2 is 0.800 bits per heavy atom. The van der Waals surface area contributed by atoms with Crippen molar-refractivity contribution in [3.05, 3.63) is 128 Å². The fraction of sp³-hybridized carbons (Fsp3) is 0.278. The first-order valence-electron chi connectivity index (χ1n) is 13.7. The highest BCUT2D eigenvalue weighted by molar-refractivity contribution is 5.85. The van der Waals surface area contributed by atoms with Crippen LogP contribution in [0.3, 0.4) is 0 Å². The first-order chi connectivity index (χ1) is 19.2. The van der Waals surface area contributed by atoms with Crippen molar-refractivity contribution in [1.82, 2.24) is 0 Å². The van der Waals surface area contributed by atoms with Gasteiger partial charge >= 0.3 is 0 Å². The van der Waals surface area contributed by atoms with Crippen LogP contribution in [0.2, 0.25) is 0 Å². The molecule has 0 aliphatic rings. The summed E-state index contributed by atoms with van der Waals surface area (Å²) in [5.74, 6) is 1.62. The van der Waals surface area contributed by atoms with Crippen LogP contribution in [-0.4, -0.2) is 26.6 Å². The van der Waals surface area contributed by atoms with Crippen molar-refractivity contribution in [2.45, 2.75) is 53.6 Å². The lowest BCUT2D eigenvalue weighted by Crippen LogP contribution is -2.10. The Kier molecular flexibility index (Phi) is 9.21. The molecule has 4 nitrogen and oxygen atoms in total. The summed E-state index contributed by atoms with van der Waals surface area (Å²) in [6.07, 6.45) is 4.04. The molecule has 0 bridgehead atoms. The zero-order valence-electron chi connectivity index (χ0n) is 24.9.